The van der Waals surface area contributed by atoms with Gasteiger partial charge in [0.1, 0.15) is 5.75 Å². The Morgan fingerprint density at radius 1 is 1.00 bits per heavy atom. The van der Waals surface area contributed by atoms with Gasteiger partial charge in [-0.1, -0.05) is 35.9 Å². The lowest BCUT2D eigenvalue weighted by atomic mass is 10.1. The first kappa shape index (κ1) is 12.5. The predicted octanol–water partition coefficient (Wildman–Crippen LogP) is 3.56. The maximum atomic E-state index is 5.86. The van der Waals surface area contributed by atoms with E-state index in [2.05, 4.69) is 23.5 Å². The third-order valence-electron chi connectivity index (χ3n) is 3.33. The Balaban J connectivity index is 1.56. The monoisotopic (exact) mass is 273 g/mol. The van der Waals surface area contributed by atoms with Crippen molar-refractivity contribution in [1.29, 1.82) is 0 Å². The minimum Gasteiger partial charge on any atom is -0.493 e. The van der Waals surface area contributed by atoms with Crippen molar-refractivity contribution < 1.29 is 4.74 Å². The molecular formula is C16H16ClNO. The molecule has 0 spiro atoms. The van der Waals surface area contributed by atoms with Crippen LogP contribution in [0.5, 0.6) is 5.75 Å². The molecule has 0 saturated heterocycles. The van der Waals surface area contributed by atoms with Gasteiger partial charge in [-0.25, -0.2) is 0 Å². The Kier molecular flexibility index (Phi) is 3.72. The first-order valence-electron chi connectivity index (χ1n) is 6.51. The smallest absolute Gasteiger partial charge is 0.122 e. The summed E-state index contributed by atoms with van der Waals surface area (Å²) in [5.41, 5.74) is 3.87. The Bertz CT molecular complexity index is 565. The third kappa shape index (κ3) is 3.09. The SMILES string of the molecule is Clc1ccc(CNCc2ccc3c(c2)CCO3)cc1. The fourth-order valence-corrected chi connectivity index (χ4v) is 2.43. The van der Waals surface area contributed by atoms with Crippen molar-refractivity contribution in [3.8, 4) is 5.75 Å². The molecule has 2 aromatic rings. The van der Waals surface area contributed by atoms with E-state index in [1.807, 2.05) is 24.3 Å². The molecular weight excluding hydrogens is 258 g/mol. The molecule has 1 heterocycles. The van der Waals surface area contributed by atoms with Crippen LogP contribution in [0.15, 0.2) is 42.5 Å². The van der Waals surface area contributed by atoms with Crippen LogP contribution in [0.1, 0.15) is 16.7 Å². The van der Waals surface area contributed by atoms with E-state index in [1.54, 1.807) is 0 Å². The lowest BCUT2D eigenvalue weighted by Crippen LogP contribution is -2.12. The van der Waals surface area contributed by atoms with Crippen molar-refractivity contribution >= 4 is 11.6 Å². The number of hydrogen-bond acceptors (Lipinski definition) is 2. The molecule has 0 bridgehead atoms. The number of halogens is 1. The zero-order valence-corrected chi connectivity index (χ0v) is 11.4. The van der Waals surface area contributed by atoms with E-state index in [1.165, 1.54) is 16.7 Å². The molecule has 0 saturated carbocycles. The van der Waals surface area contributed by atoms with Crippen molar-refractivity contribution in [2.75, 3.05) is 6.61 Å². The van der Waals surface area contributed by atoms with Crippen LogP contribution in [-0.4, -0.2) is 6.61 Å². The minimum atomic E-state index is 0.780. The molecule has 0 aromatic heterocycles. The van der Waals surface area contributed by atoms with Gasteiger partial charge in [0.15, 0.2) is 0 Å². The molecule has 0 radical (unpaired) electrons. The van der Waals surface area contributed by atoms with Gasteiger partial charge in [-0.3, -0.25) is 0 Å². The highest BCUT2D eigenvalue weighted by atomic mass is 35.5. The average molecular weight is 274 g/mol. The number of ether oxygens (including phenoxy) is 1. The number of fused-ring (bicyclic) bond motifs is 1. The van der Waals surface area contributed by atoms with Gasteiger partial charge >= 0.3 is 0 Å². The van der Waals surface area contributed by atoms with Gasteiger partial charge < -0.3 is 10.1 Å². The molecule has 19 heavy (non-hydrogen) atoms. The fraction of sp³-hybridized carbons (Fsp3) is 0.250. The van der Waals surface area contributed by atoms with Crippen LogP contribution in [0.3, 0.4) is 0 Å². The second-order valence-electron chi connectivity index (χ2n) is 4.77. The van der Waals surface area contributed by atoms with Crippen LogP contribution >= 0.6 is 11.6 Å². The lowest BCUT2D eigenvalue weighted by molar-refractivity contribution is 0.357. The van der Waals surface area contributed by atoms with Gasteiger partial charge in [0, 0.05) is 24.5 Å². The topological polar surface area (TPSA) is 21.3 Å². The van der Waals surface area contributed by atoms with Crippen molar-refractivity contribution in [1.82, 2.24) is 5.32 Å². The molecule has 3 rings (SSSR count). The number of rotatable bonds is 4. The predicted molar refractivity (Wildman–Crippen MR) is 77.6 cm³/mol. The third-order valence-corrected chi connectivity index (χ3v) is 3.58. The summed E-state index contributed by atoms with van der Waals surface area (Å²) >= 11 is 5.86. The van der Waals surface area contributed by atoms with E-state index >= 15 is 0 Å². The maximum Gasteiger partial charge on any atom is 0.122 e. The minimum absolute atomic E-state index is 0.780. The summed E-state index contributed by atoms with van der Waals surface area (Å²) in [6.45, 7) is 2.54. The quantitative estimate of drug-likeness (QED) is 0.920. The normalized spacial score (nSPS) is 13.1. The molecule has 1 N–H and O–H groups in total. The van der Waals surface area contributed by atoms with Gasteiger partial charge in [0.05, 0.1) is 6.61 Å². The molecule has 1 aliphatic rings. The molecule has 0 unspecified atom stereocenters. The number of benzene rings is 2. The van der Waals surface area contributed by atoms with Crippen molar-refractivity contribution in [2.45, 2.75) is 19.5 Å². The molecule has 98 valence electrons. The molecule has 0 atom stereocenters. The second-order valence-corrected chi connectivity index (χ2v) is 5.21. The molecule has 2 nitrogen and oxygen atoms in total. The highest BCUT2D eigenvalue weighted by Gasteiger charge is 2.11. The van der Waals surface area contributed by atoms with Crippen LogP contribution < -0.4 is 10.1 Å². The Hall–Kier alpha value is -1.51. The Morgan fingerprint density at radius 2 is 1.74 bits per heavy atom. The Labute approximate surface area is 118 Å². The maximum absolute atomic E-state index is 5.86. The molecule has 1 aliphatic heterocycles. The largest absolute Gasteiger partial charge is 0.493 e. The standard InChI is InChI=1S/C16H16ClNO/c17-15-4-1-12(2-5-15)10-18-11-13-3-6-16-14(9-13)7-8-19-16/h1-6,9,18H,7-8,10-11H2. The van der Waals surface area contributed by atoms with Crippen LogP contribution in [0, 0.1) is 0 Å². The van der Waals surface area contributed by atoms with Crippen LogP contribution in [-0.2, 0) is 19.5 Å². The summed E-state index contributed by atoms with van der Waals surface area (Å²) in [6, 6.07) is 14.4. The first-order chi connectivity index (χ1) is 9.31. The van der Waals surface area contributed by atoms with E-state index in [0.717, 1.165) is 36.9 Å². The summed E-state index contributed by atoms with van der Waals surface area (Å²) in [4.78, 5) is 0. The lowest BCUT2D eigenvalue weighted by Gasteiger charge is -2.07. The van der Waals surface area contributed by atoms with Gasteiger partial charge in [0.2, 0.25) is 0 Å². The highest BCUT2D eigenvalue weighted by molar-refractivity contribution is 6.30. The van der Waals surface area contributed by atoms with E-state index in [-0.39, 0.29) is 0 Å². The van der Waals surface area contributed by atoms with Crippen molar-refractivity contribution in [3.63, 3.8) is 0 Å². The highest BCUT2D eigenvalue weighted by Crippen LogP contribution is 2.25. The summed E-state index contributed by atoms with van der Waals surface area (Å²) in [6.07, 6.45) is 1.03. The van der Waals surface area contributed by atoms with E-state index in [0.29, 0.717) is 0 Å². The molecule has 0 fully saturated rings. The molecule has 2 aromatic carbocycles. The number of nitrogens with one attached hydrogen (secondary N) is 1. The van der Waals surface area contributed by atoms with Crippen LogP contribution in [0.25, 0.3) is 0 Å². The van der Waals surface area contributed by atoms with Crippen molar-refractivity contribution in [2.24, 2.45) is 0 Å². The summed E-state index contributed by atoms with van der Waals surface area (Å²) < 4.78 is 5.51. The summed E-state index contributed by atoms with van der Waals surface area (Å²) in [5.74, 6) is 1.04. The van der Waals surface area contributed by atoms with E-state index in [9.17, 15) is 0 Å². The van der Waals surface area contributed by atoms with Crippen LogP contribution in [0.4, 0.5) is 0 Å². The van der Waals surface area contributed by atoms with Crippen molar-refractivity contribution in [3.05, 3.63) is 64.2 Å². The zero-order chi connectivity index (χ0) is 13.1. The summed E-state index contributed by atoms with van der Waals surface area (Å²) in [7, 11) is 0. The number of hydrogen-bond donors (Lipinski definition) is 1. The second kappa shape index (κ2) is 5.64. The fourth-order valence-electron chi connectivity index (χ4n) is 2.30. The zero-order valence-electron chi connectivity index (χ0n) is 10.7. The van der Waals surface area contributed by atoms with Gasteiger partial charge in [-0.2, -0.15) is 0 Å². The van der Waals surface area contributed by atoms with Crippen LogP contribution in [0.2, 0.25) is 5.02 Å². The first-order valence-corrected chi connectivity index (χ1v) is 6.89. The average Bonchev–Trinajstić information content (AvgIpc) is 2.88. The molecule has 3 heteroatoms. The molecule has 0 amide bonds. The molecule has 0 aliphatic carbocycles. The Morgan fingerprint density at radius 3 is 2.58 bits per heavy atom. The van der Waals surface area contributed by atoms with Gasteiger partial charge in [0.25, 0.3) is 0 Å². The summed E-state index contributed by atoms with van der Waals surface area (Å²) in [5, 5.41) is 4.22. The van der Waals surface area contributed by atoms with Gasteiger partial charge in [-0.05, 0) is 34.9 Å². The van der Waals surface area contributed by atoms with E-state index in [4.69, 9.17) is 16.3 Å². The van der Waals surface area contributed by atoms with Gasteiger partial charge in [-0.15, -0.1) is 0 Å². The van der Waals surface area contributed by atoms with E-state index < -0.39 is 0 Å².